The van der Waals surface area contributed by atoms with E-state index in [1.807, 2.05) is 19.9 Å². The van der Waals surface area contributed by atoms with Crippen molar-refractivity contribution in [3.63, 3.8) is 0 Å². The minimum Gasteiger partial charge on any atom is -0.507 e. The minimum absolute atomic E-state index is 0.102. The summed E-state index contributed by atoms with van der Waals surface area (Å²) >= 11 is 0. The van der Waals surface area contributed by atoms with E-state index in [0.717, 1.165) is 24.2 Å². The van der Waals surface area contributed by atoms with Gasteiger partial charge >= 0.3 is 0 Å². The molecule has 0 radical (unpaired) electrons. The third-order valence-electron chi connectivity index (χ3n) is 6.24. The Morgan fingerprint density at radius 1 is 1.15 bits per heavy atom. The van der Waals surface area contributed by atoms with Crippen molar-refractivity contribution in [3.05, 3.63) is 65.0 Å². The van der Waals surface area contributed by atoms with E-state index in [9.17, 15) is 14.7 Å². The van der Waals surface area contributed by atoms with Crippen LogP contribution < -0.4 is 4.74 Å². The van der Waals surface area contributed by atoms with E-state index >= 15 is 0 Å². The molecular weight excluding hydrogens is 418 g/mol. The fraction of sp³-hybridized carbons (Fsp3) is 0.423. The van der Waals surface area contributed by atoms with Gasteiger partial charge in [0.25, 0.3) is 11.7 Å². The highest BCUT2D eigenvalue weighted by Crippen LogP contribution is 2.40. The van der Waals surface area contributed by atoms with Crippen LogP contribution in [0.3, 0.4) is 0 Å². The Morgan fingerprint density at radius 2 is 1.82 bits per heavy atom. The number of pyridine rings is 1. The van der Waals surface area contributed by atoms with E-state index in [0.29, 0.717) is 24.4 Å². The Balaban J connectivity index is 2.12. The molecule has 1 aliphatic heterocycles. The van der Waals surface area contributed by atoms with Crippen LogP contribution in [0.25, 0.3) is 5.76 Å². The highest BCUT2D eigenvalue weighted by molar-refractivity contribution is 6.46. The van der Waals surface area contributed by atoms with Crippen molar-refractivity contribution in [1.29, 1.82) is 0 Å². The summed E-state index contributed by atoms with van der Waals surface area (Å²) in [6.07, 6.45) is 3.26. The van der Waals surface area contributed by atoms with E-state index in [1.54, 1.807) is 48.7 Å². The molecule has 0 bridgehead atoms. The zero-order valence-electron chi connectivity index (χ0n) is 20.0. The number of ether oxygens (including phenoxy) is 1. The van der Waals surface area contributed by atoms with Crippen LogP contribution in [0.15, 0.2) is 48.3 Å². The van der Waals surface area contributed by atoms with Crippen LogP contribution in [0.1, 0.15) is 56.3 Å². The second kappa shape index (κ2) is 10.6. The van der Waals surface area contributed by atoms with E-state index < -0.39 is 17.7 Å². The third-order valence-corrected chi connectivity index (χ3v) is 6.24. The molecule has 1 atom stereocenters. The monoisotopic (exact) mass is 451 g/mol. The number of carbonyl (C=O) groups is 2. The number of methoxy groups -OCH3 is 1. The fourth-order valence-corrected chi connectivity index (χ4v) is 4.28. The molecule has 7 heteroatoms. The lowest BCUT2D eigenvalue weighted by Crippen LogP contribution is -2.38. The molecule has 1 aliphatic rings. The van der Waals surface area contributed by atoms with Gasteiger partial charge in [0.1, 0.15) is 11.5 Å². The largest absolute Gasteiger partial charge is 0.507 e. The van der Waals surface area contributed by atoms with Gasteiger partial charge in [-0.25, -0.2) is 0 Å². The quantitative estimate of drug-likeness (QED) is 0.353. The van der Waals surface area contributed by atoms with Gasteiger partial charge in [-0.3, -0.25) is 14.6 Å². The van der Waals surface area contributed by atoms with Crippen molar-refractivity contribution >= 4 is 17.4 Å². The minimum atomic E-state index is -0.673. The lowest BCUT2D eigenvalue weighted by atomic mass is 9.93. The smallest absolute Gasteiger partial charge is 0.295 e. The Labute approximate surface area is 195 Å². The van der Waals surface area contributed by atoms with Gasteiger partial charge in [-0.2, -0.15) is 0 Å². The Morgan fingerprint density at radius 3 is 2.39 bits per heavy atom. The van der Waals surface area contributed by atoms with Crippen LogP contribution >= 0.6 is 0 Å². The number of aliphatic hydroxyl groups is 1. The van der Waals surface area contributed by atoms with Crippen molar-refractivity contribution in [3.8, 4) is 5.75 Å². The average Bonchev–Trinajstić information content (AvgIpc) is 3.09. The maximum absolute atomic E-state index is 13.2. The predicted molar refractivity (Wildman–Crippen MR) is 128 cm³/mol. The second-order valence-electron chi connectivity index (χ2n) is 8.41. The number of likely N-dealkylation sites (tertiary alicyclic amines) is 1. The summed E-state index contributed by atoms with van der Waals surface area (Å²) in [5.74, 6) is -0.573. The van der Waals surface area contributed by atoms with Crippen molar-refractivity contribution in [2.24, 2.45) is 0 Å². The van der Waals surface area contributed by atoms with Crippen molar-refractivity contribution in [1.82, 2.24) is 14.8 Å². The molecule has 2 heterocycles. The number of nitrogens with zero attached hydrogens (tertiary/aromatic N) is 3. The number of aromatic nitrogens is 1. The summed E-state index contributed by atoms with van der Waals surface area (Å²) in [5, 5.41) is 11.3. The lowest BCUT2D eigenvalue weighted by Gasteiger charge is -2.28. The number of aliphatic hydroxyl groups excluding tert-OH is 1. The molecule has 0 spiro atoms. The predicted octanol–water partition coefficient (Wildman–Crippen LogP) is 3.98. The van der Waals surface area contributed by atoms with Crippen molar-refractivity contribution in [2.75, 3.05) is 33.3 Å². The van der Waals surface area contributed by atoms with Crippen LogP contribution in [0.5, 0.6) is 5.75 Å². The first-order valence-corrected chi connectivity index (χ1v) is 11.4. The number of Topliss-reactive ketones (excluding diaryl/α,β-unsaturated/α-hetero) is 1. The van der Waals surface area contributed by atoms with Crippen LogP contribution in [0.4, 0.5) is 0 Å². The molecular formula is C26H33N3O4. The van der Waals surface area contributed by atoms with Gasteiger partial charge in [0.2, 0.25) is 0 Å². The molecule has 1 amide bonds. The third kappa shape index (κ3) is 4.93. The maximum Gasteiger partial charge on any atom is 0.295 e. The van der Waals surface area contributed by atoms with Crippen LogP contribution in [0, 0.1) is 0 Å². The summed E-state index contributed by atoms with van der Waals surface area (Å²) in [6, 6.07) is 8.21. The summed E-state index contributed by atoms with van der Waals surface area (Å²) < 4.78 is 5.45. The van der Waals surface area contributed by atoms with Crippen molar-refractivity contribution in [2.45, 2.75) is 39.7 Å². The van der Waals surface area contributed by atoms with Gasteiger partial charge in [0.05, 0.1) is 18.7 Å². The first-order chi connectivity index (χ1) is 15.8. The van der Waals surface area contributed by atoms with Gasteiger partial charge in [0, 0.05) is 31.0 Å². The molecule has 3 rings (SSSR count). The number of rotatable bonds is 9. The molecule has 7 nitrogen and oxygen atoms in total. The molecule has 0 saturated carbocycles. The fourth-order valence-electron chi connectivity index (χ4n) is 4.28. The molecule has 2 aromatic rings. The Kier molecular flexibility index (Phi) is 7.87. The first kappa shape index (κ1) is 24.5. The zero-order chi connectivity index (χ0) is 24.1. The molecule has 1 aromatic heterocycles. The normalized spacial score (nSPS) is 17.9. The standard InChI is InChI=1S/C26H33N3O4/c1-6-28(7-2)14-15-29-23(18-10-12-27-13-11-18)22(25(31)26(29)32)24(30)19-8-9-21(33-5)20(16-19)17(3)4/h8-13,16-17,23,30H,6-7,14-15H2,1-5H3/b24-22-. The van der Waals surface area contributed by atoms with Gasteiger partial charge < -0.3 is 19.6 Å². The molecule has 1 N–H and O–H groups in total. The molecule has 33 heavy (non-hydrogen) atoms. The van der Waals surface area contributed by atoms with Crippen molar-refractivity contribution < 1.29 is 19.4 Å². The molecule has 1 aromatic carbocycles. The SMILES string of the molecule is CCN(CC)CCN1C(=O)C(=O)/C(=C(\O)c2ccc(OC)c(C(C)C)c2)C1c1ccncc1. The summed E-state index contributed by atoms with van der Waals surface area (Å²) in [6.45, 7) is 10.9. The molecule has 1 fully saturated rings. The molecule has 0 aliphatic carbocycles. The maximum atomic E-state index is 13.2. The summed E-state index contributed by atoms with van der Waals surface area (Å²) in [7, 11) is 1.60. The Bertz CT molecular complexity index is 1030. The zero-order valence-corrected chi connectivity index (χ0v) is 20.0. The Hall–Kier alpha value is -3.19. The second-order valence-corrected chi connectivity index (χ2v) is 8.41. The first-order valence-electron chi connectivity index (χ1n) is 11.4. The van der Waals surface area contributed by atoms with Gasteiger partial charge in [0.15, 0.2) is 0 Å². The molecule has 1 saturated heterocycles. The average molecular weight is 452 g/mol. The number of ketones is 1. The highest BCUT2D eigenvalue weighted by Gasteiger charge is 2.46. The van der Waals surface area contributed by atoms with E-state index in [1.165, 1.54) is 0 Å². The van der Waals surface area contributed by atoms with Gasteiger partial charge in [-0.15, -0.1) is 0 Å². The lowest BCUT2D eigenvalue weighted by molar-refractivity contribution is -0.140. The summed E-state index contributed by atoms with van der Waals surface area (Å²) in [5.41, 5.74) is 2.24. The van der Waals surface area contributed by atoms with Crippen LogP contribution in [-0.4, -0.2) is 64.9 Å². The number of hydrogen-bond acceptors (Lipinski definition) is 6. The van der Waals surface area contributed by atoms with Gasteiger partial charge in [-0.1, -0.05) is 27.7 Å². The number of benzene rings is 1. The number of amides is 1. The molecule has 1 unspecified atom stereocenters. The highest BCUT2D eigenvalue weighted by atomic mass is 16.5. The summed E-state index contributed by atoms with van der Waals surface area (Å²) in [4.78, 5) is 34.1. The van der Waals surface area contributed by atoms with E-state index in [-0.39, 0.29) is 17.3 Å². The molecule has 176 valence electrons. The number of hydrogen-bond donors (Lipinski definition) is 1. The number of likely N-dealkylation sites (N-methyl/N-ethyl adjacent to an activating group) is 1. The van der Waals surface area contributed by atoms with Gasteiger partial charge in [-0.05, 0) is 60.5 Å². The van der Waals surface area contributed by atoms with E-state index in [4.69, 9.17) is 4.74 Å². The topological polar surface area (TPSA) is 83.0 Å². The number of carbonyl (C=O) groups excluding carboxylic acids is 2. The van der Waals surface area contributed by atoms with Crippen LogP contribution in [0.2, 0.25) is 0 Å². The van der Waals surface area contributed by atoms with Crippen LogP contribution in [-0.2, 0) is 9.59 Å². The van der Waals surface area contributed by atoms with E-state index in [2.05, 4.69) is 23.7 Å².